The summed E-state index contributed by atoms with van der Waals surface area (Å²) in [5, 5.41) is 6.87. The molecule has 2 saturated heterocycles. The minimum absolute atomic E-state index is 0.0489. The van der Waals surface area contributed by atoms with Crippen LogP contribution in [0.4, 0.5) is 15.0 Å². The number of nitrogens with one attached hydrogen (secondary N) is 3. The quantitative estimate of drug-likeness (QED) is 0.347. The summed E-state index contributed by atoms with van der Waals surface area (Å²) in [7, 11) is 0. The van der Waals surface area contributed by atoms with Crippen molar-refractivity contribution in [3.63, 3.8) is 0 Å². The Morgan fingerprint density at radius 1 is 1.17 bits per heavy atom. The first-order chi connectivity index (χ1) is 19.1. The highest BCUT2D eigenvalue weighted by Crippen LogP contribution is 2.43. The lowest BCUT2D eigenvalue weighted by Crippen LogP contribution is -2.59. The zero-order valence-corrected chi connectivity index (χ0v) is 24.7. The molecule has 0 radical (unpaired) electrons. The average molecular weight is 576 g/mol. The fourth-order valence-corrected chi connectivity index (χ4v) is 5.96. The van der Waals surface area contributed by atoms with Crippen molar-refractivity contribution in [3.8, 4) is 0 Å². The van der Waals surface area contributed by atoms with Crippen molar-refractivity contribution < 1.29 is 28.3 Å². The molecule has 2 aliphatic heterocycles. The van der Waals surface area contributed by atoms with Crippen LogP contribution in [0, 0.1) is 29.1 Å². The predicted octanol–water partition coefficient (Wildman–Crippen LogP) is 2.47. The summed E-state index contributed by atoms with van der Waals surface area (Å²) in [5.41, 5.74) is 1.28. The van der Waals surface area contributed by atoms with Gasteiger partial charge in [0.15, 0.2) is 0 Å². The van der Waals surface area contributed by atoms with Gasteiger partial charge >= 0.3 is 6.09 Å². The Labute approximate surface area is 240 Å². The first kappa shape index (κ1) is 30.4. The largest absolute Gasteiger partial charge is 0.442 e. The van der Waals surface area contributed by atoms with Gasteiger partial charge in [0.1, 0.15) is 29.8 Å². The number of ether oxygens (including phenoxy) is 1. The van der Waals surface area contributed by atoms with Gasteiger partial charge < -0.3 is 20.3 Å². The van der Waals surface area contributed by atoms with Gasteiger partial charge in [0.05, 0.1) is 12.5 Å². The fourth-order valence-electron chi connectivity index (χ4n) is 5.96. The summed E-state index contributed by atoms with van der Waals surface area (Å²) < 4.78 is 19.3. The summed E-state index contributed by atoms with van der Waals surface area (Å²) >= 11 is 0. The number of likely N-dealkylation sites (tertiary alicyclic amines) is 1. The highest BCUT2D eigenvalue weighted by Gasteiger charge is 2.52. The molecule has 0 spiro atoms. The van der Waals surface area contributed by atoms with E-state index in [1.54, 1.807) is 25.7 Å². The molecule has 1 aromatic heterocycles. The molecule has 3 N–H and O–H groups in total. The number of anilines is 1. The first-order valence-electron chi connectivity index (χ1n) is 14.3. The molecule has 41 heavy (non-hydrogen) atoms. The predicted molar refractivity (Wildman–Crippen MR) is 147 cm³/mol. The van der Waals surface area contributed by atoms with Crippen LogP contribution >= 0.6 is 0 Å². The van der Waals surface area contributed by atoms with Crippen molar-refractivity contribution in [1.82, 2.24) is 30.6 Å². The Kier molecular flexibility index (Phi) is 8.74. The molecule has 5 atom stereocenters. The third-order valence-electron chi connectivity index (χ3n) is 7.91. The second-order valence-electron chi connectivity index (χ2n) is 13.3. The van der Waals surface area contributed by atoms with E-state index in [-0.39, 0.29) is 36.0 Å². The van der Waals surface area contributed by atoms with E-state index in [1.807, 2.05) is 20.8 Å². The zero-order valence-electron chi connectivity index (χ0n) is 24.7. The van der Waals surface area contributed by atoms with E-state index in [4.69, 9.17) is 4.74 Å². The lowest BCUT2D eigenvalue weighted by Gasteiger charge is -2.37. The van der Waals surface area contributed by atoms with Gasteiger partial charge in [-0.3, -0.25) is 19.8 Å². The van der Waals surface area contributed by atoms with Crippen molar-refractivity contribution in [3.05, 3.63) is 18.3 Å². The van der Waals surface area contributed by atoms with Crippen LogP contribution in [0.15, 0.2) is 12.4 Å². The number of hydrazine groups is 1. The van der Waals surface area contributed by atoms with Crippen molar-refractivity contribution in [2.45, 2.75) is 84.9 Å². The topological polar surface area (TPSA) is 146 Å². The van der Waals surface area contributed by atoms with Gasteiger partial charge in [-0.1, -0.05) is 27.2 Å². The van der Waals surface area contributed by atoms with Gasteiger partial charge in [0.2, 0.25) is 17.8 Å². The lowest BCUT2D eigenvalue weighted by molar-refractivity contribution is -0.143. The van der Waals surface area contributed by atoms with Gasteiger partial charge in [-0.2, -0.15) is 4.39 Å². The Balaban J connectivity index is 1.59. The molecule has 1 saturated carbocycles. The minimum Gasteiger partial charge on any atom is -0.442 e. The van der Waals surface area contributed by atoms with Crippen molar-refractivity contribution in [2.24, 2.45) is 23.2 Å². The van der Waals surface area contributed by atoms with E-state index in [0.717, 1.165) is 36.7 Å². The number of aromatic nitrogens is 2. The number of halogens is 1. The van der Waals surface area contributed by atoms with Crippen molar-refractivity contribution in [2.75, 3.05) is 25.0 Å². The number of fused-ring (bicyclic) bond motifs is 1. The van der Waals surface area contributed by atoms with Crippen LogP contribution < -0.4 is 16.1 Å². The van der Waals surface area contributed by atoms with Crippen LogP contribution in [0.1, 0.15) is 67.2 Å². The number of amides is 4. The molecule has 1 aromatic rings. The van der Waals surface area contributed by atoms with Crippen LogP contribution in [0.25, 0.3) is 0 Å². The van der Waals surface area contributed by atoms with E-state index < -0.39 is 47.0 Å². The minimum atomic E-state index is -0.828. The van der Waals surface area contributed by atoms with Gasteiger partial charge in [0, 0.05) is 19.2 Å². The van der Waals surface area contributed by atoms with E-state index in [2.05, 4.69) is 26.0 Å². The number of rotatable bonds is 6. The molecule has 13 heteroatoms. The zero-order chi connectivity index (χ0) is 30.1. The van der Waals surface area contributed by atoms with Crippen molar-refractivity contribution in [1.29, 1.82) is 0 Å². The smallest absolute Gasteiger partial charge is 0.429 e. The second kappa shape index (κ2) is 11.8. The second-order valence-corrected chi connectivity index (χ2v) is 13.3. The monoisotopic (exact) mass is 575 g/mol. The molecule has 0 bridgehead atoms. The standard InChI is InChI=1S/C28H42FN7O5/c1-27(2,3)22(33-20-12-19(29)31-15-32-20)25(39)35-13-16-8-7-9-18(16)21(35)24(38)34-36(26(40)41-28(4,5)6)14-17-10-11-30-23(17)37/h12,15-18,21-22H,7-11,13-14H2,1-6H3,(H,30,37)(H,34,38)(H,31,32,33)/t16-,17-,18-,21-,22?/m0/s1. The normalized spacial score (nSPS) is 24.9. The highest BCUT2D eigenvalue weighted by atomic mass is 19.1. The van der Waals surface area contributed by atoms with E-state index in [9.17, 15) is 23.6 Å². The number of carbonyl (C=O) groups excluding carboxylic acids is 4. The van der Waals surface area contributed by atoms with E-state index in [1.165, 1.54) is 0 Å². The van der Waals surface area contributed by atoms with Crippen LogP contribution in [-0.2, 0) is 19.1 Å². The SMILES string of the molecule is CC(C)(C)OC(=O)N(C[C@@H]1CCNC1=O)NC(=O)[C@@H]1[C@H]2CCC[C@H]2CN1C(=O)C(Nc1cc(F)ncn1)C(C)(C)C. The molecule has 12 nitrogen and oxygen atoms in total. The molecule has 3 aliphatic rings. The third kappa shape index (κ3) is 7.23. The Morgan fingerprint density at radius 3 is 2.51 bits per heavy atom. The van der Waals surface area contributed by atoms with Crippen LogP contribution in [0.3, 0.4) is 0 Å². The molecule has 226 valence electrons. The number of hydrogen-bond donors (Lipinski definition) is 3. The van der Waals surface area contributed by atoms with Gasteiger partial charge in [-0.15, -0.1) is 0 Å². The maximum absolute atomic E-state index is 14.1. The van der Waals surface area contributed by atoms with Gasteiger partial charge in [-0.05, 0) is 57.3 Å². The maximum Gasteiger partial charge on any atom is 0.429 e. The molecule has 3 fully saturated rings. The Bertz CT molecular complexity index is 1170. The first-order valence-corrected chi connectivity index (χ1v) is 14.3. The maximum atomic E-state index is 14.1. The average Bonchev–Trinajstić information content (AvgIpc) is 3.56. The summed E-state index contributed by atoms with van der Waals surface area (Å²) in [5.74, 6) is -2.00. The molecule has 1 unspecified atom stereocenters. The molecule has 0 aromatic carbocycles. The third-order valence-corrected chi connectivity index (χ3v) is 7.91. The number of carbonyl (C=O) groups is 4. The highest BCUT2D eigenvalue weighted by molar-refractivity contribution is 5.93. The summed E-state index contributed by atoms with van der Waals surface area (Å²) in [6, 6.07) is -0.534. The molecular formula is C28H42FN7O5. The number of nitrogens with zero attached hydrogens (tertiary/aromatic N) is 4. The molecule has 4 rings (SSSR count). The van der Waals surface area contributed by atoms with E-state index >= 15 is 0 Å². The number of hydrogen-bond acceptors (Lipinski definition) is 8. The fraction of sp³-hybridized carbons (Fsp3) is 0.714. The van der Waals surface area contributed by atoms with E-state index in [0.29, 0.717) is 19.5 Å². The van der Waals surface area contributed by atoms with Crippen LogP contribution in [-0.4, -0.2) is 81.0 Å². The Hall–Kier alpha value is -3.51. The van der Waals surface area contributed by atoms with Gasteiger partial charge in [0.25, 0.3) is 5.91 Å². The summed E-state index contributed by atoms with van der Waals surface area (Å²) in [6.07, 6.45) is 3.43. The Morgan fingerprint density at radius 2 is 1.90 bits per heavy atom. The molecule has 4 amide bonds. The van der Waals surface area contributed by atoms with Crippen molar-refractivity contribution >= 4 is 29.6 Å². The van der Waals surface area contributed by atoms with Crippen LogP contribution in [0.5, 0.6) is 0 Å². The lowest BCUT2D eigenvalue weighted by atomic mass is 9.85. The van der Waals surface area contributed by atoms with Crippen LogP contribution in [0.2, 0.25) is 0 Å². The van der Waals surface area contributed by atoms with Gasteiger partial charge in [-0.25, -0.2) is 19.8 Å². The molecule has 1 aliphatic carbocycles. The summed E-state index contributed by atoms with van der Waals surface area (Å²) in [6.45, 7) is 11.6. The molecule has 3 heterocycles. The molecular weight excluding hydrogens is 533 g/mol. The summed E-state index contributed by atoms with van der Waals surface area (Å²) in [4.78, 5) is 62.7.